The Labute approximate surface area is 204 Å². The van der Waals surface area contributed by atoms with Crippen molar-refractivity contribution in [2.24, 2.45) is 5.92 Å². The summed E-state index contributed by atoms with van der Waals surface area (Å²) in [6.07, 6.45) is 3.78. The summed E-state index contributed by atoms with van der Waals surface area (Å²) in [5, 5.41) is 11.5. The Hall–Kier alpha value is -2.68. The van der Waals surface area contributed by atoms with Gasteiger partial charge in [0.15, 0.2) is 16.6 Å². The van der Waals surface area contributed by atoms with E-state index in [1.54, 1.807) is 7.11 Å². The van der Waals surface area contributed by atoms with Crippen LogP contribution in [-0.2, 0) is 0 Å². The standard InChI is InChI=1S/C24H28ClN5O2S/c1-14-5-4-6-18(25)22(14)29-24(33)30-23-17-11-20(31-3)21(12-19(17)27-13-28-23)32-15(2)16-7-9-26-10-8-16/h4-6,11-13,15-16,26H,7-10H2,1-3H3,(H2,27,28,29,30,33). The summed E-state index contributed by atoms with van der Waals surface area (Å²) in [7, 11) is 1.63. The number of aromatic nitrogens is 2. The molecule has 2 heterocycles. The number of thiocarbonyl (C=S) groups is 1. The molecule has 1 fully saturated rings. The average molecular weight is 486 g/mol. The summed E-state index contributed by atoms with van der Waals surface area (Å²) in [6.45, 7) is 6.13. The highest BCUT2D eigenvalue weighted by Gasteiger charge is 2.23. The maximum atomic E-state index is 6.32. The molecule has 1 atom stereocenters. The van der Waals surface area contributed by atoms with Crippen LogP contribution in [0.15, 0.2) is 36.7 Å². The van der Waals surface area contributed by atoms with Gasteiger partial charge >= 0.3 is 0 Å². The molecular weight excluding hydrogens is 458 g/mol. The zero-order valence-corrected chi connectivity index (χ0v) is 20.5. The number of para-hydroxylation sites is 1. The van der Waals surface area contributed by atoms with Crippen molar-refractivity contribution in [1.82, 2.24) is 15.3 Å². The highest BCUT2D eigenvalue weighted by molar-refractivity contribution is 7.80. The van der Waals surface area contributed by atoms with Crippen LogP contribution in [0.25, 0.3) is 10.9 Å². The first-order valence-electron chi connectivity index (χ1n) is 11.0. The molecule has 3 aromatic rings. The Kier molecular flexibility index (Phi) is 7.47. The van der Waals surface area contributed by atoms with Crippen molar-refractivity contribution in [2.75, 3.05) is 30.8 Å². The van der Waals surface area contributed by atoms with Crippen LogP contribution in [0.3, 0.4) is 0 Å². The van der Waals surface area contributed by atoms with Crippen LogP contribution >= 0.6 is 23.8 Å². The van der Waals surface area contributed by atoms with Gasteiger partial charge in [-0.05, 0) is 75.6 Å². The van der Waals surface area contributed by atoms with Gasteiger partial charge in [-0.25, -0.2) is 9.97 Å². The number of halogens is 1. The Morgan fingerprint density at radius 1 is 1.18 bits per heavy atom. The van der Waals surface area contributed by atoms with Crippen LogP contribution in [0.5, 0.6) is 11.5 Å². The van der Waals surface area contributed by atoms with Gasteiger partial charge in [-0.1, -0.05) is 23.7 Å². The molecule has 0 bridgehead atoms. The number of benzene rings is 2. The zero-order valence-electron chi connectivity index (χ0n) is 18.9. The lowest BCUT2D eigenvalue weighted by atomic mass is 9.93. The van der Waals surface area contributed by atoms with Crippen LogP contribution in [0.1, 0.15) is 25.3 Å². The number of ether oxygens (including phenoxy) is 2. The summed E-state index contributed by atoms with van der Waals surface area (Å²) in [4.78, 5) is 8.82. The Morgan fingerprint density at radius 2 is 1.97 bits per heavy atom. The van der Waals surface area contributed by atoms with Gasteiger partial charge in [0.2, 0.25) is 0 Å². The van der Waals surface area contributed by atoms with Crippen LogP contribution in [0.2, 0.25) is 5.02 Å². The molecule has 1 aliphatic rings. The van der Waals surface area contributed by atoms with Crippen molar-refractivity contribution in [3.63, 3.8) is 0 Å². The Bertz CT molecular complexity index is 1130. The number of anilines is 2. The number of hydrogen-bond acceptors (Lipinski definition) is 6. The number of aryl methyl sites for hydroxylation is 1. The molecule has 174 valence electrons. The number of fused-ring (bicyclic) bond motifs is 1. The molecule has 1 saturated heterocycles. The van der Waals surface area contributed by atoms with E-state index in [1.165, 1.54) is 6.33 Å². The van der Waals surface area contributed by atoms with E-state index in [4.69, 9.17) is 33.3 Å². The molecular formula is C24H28ClN5O2S. The SMILES string of the molecule is COc1cc2c(NC(=S)Nc3c(C)cccc3Cl)ncnc2cc1OC(C)C1CCNCC1. The second kappa shape index (κ2) is 10.5. The van der Waals surface area contributed by atoms with Crippen LogP contribution in [-0.4, -0.2) is 41.4 Å². The summed E-state index contributed by atoms with van der Waals surface area (Å²) in [6, 6.07) is 9.46. The summed E-state index contributed by atoms with van der Waals surface area (Å²) in [5.41, 5.74) is 2.48. The lowest BCUT2D eigenvalue weighted by molar-refractivity contribution is 0.124. The molecule has 7 nitrogen and oxygen atoms in total. The summed E-state index contributed by atoms with van der Waals surface area (Å²) < 4.78 is 12.0. The highest BCUT2D eigenvalue weighted by atomic mass is 35.5. The highest BCUT2D eigenvalue weighted by Crippen LogP contribution is 2.36. The molecule has 0 saturated carbocycles. The van der Waals surface area contributed by atoms with E-state index in [2.05, 4.69) is 32.8 Å². The van der Waals surface area contributed by atoms with Gasteiger partial charge in [-0.3, -0.25) is 0 Å². The fourth-order valence-electron chi connectivity index (χ4n) is 4.07. The van der Waals surface area contributed by atoms with Gasteiger partial charge < -0.3 is 25.4 Å². The third-order valence-electron chi connectivity index (χ3n) is 5.97. The van der Waals surface area contributed by atoms with Crippen LogP contribution in [0, 0.1) is 12.8 Å². The van der Waals surface area contributed by atoms with Gasteiger partial charge in [0.05, 0.1) is 29.4 Å². The minimum absolute atomic E-state index is 0.0773. The minimum atomic E-state index is 0.0773. The Balaban J connectivity index is 1.56. The fourth-order valence-corrected chi connectivity index (χ4v) is 4.54. The van der Waals surface area contributed by atoms with E-state index in [0.29, 0.717) is 33.4 Å². The summed E-state index contributed by atoms with van der Waals surface area (Å²) >= 11 is 11.8. The fraction of sp³-hybridized carbons (Fsp3) is 0.375. The monoisotopic (exact) mass is 485 g/mol. The van der Waals surface area contributed by atoms with Crippen molar-refractivity contribution < 1.29 is 9.47 Å². The number of hydrogen-bond donors (Lipinski definition) is 3. The first-order chi connectivity index (χ1) is 16.0. The van der Waals surface area contributed by atoms with Crippen LogP contribution in [0.4, 0.5) is 11.5 Å². The molecule has 0 aliphatic carbocycles. The number of methoxy groups -OCH3 is 1. The predicted molar refractivity (Wildman–Crippen MR) is 138 cm³/mol. The van der Waals surface area contributed by atoms with Crippen molar-refractivity contribution in [3.8, 4) is 11.5 Å². The normalized spacial score (nSPS) is 15.2. The topological polar surface area (TPSA) is 80.3 Å². The number of rotatable bonds is 6. The van der Waals surface area contributed by atoms with E-state index < -0.39 is 0 Å². The molecule has 1 aliphatic heterocycles. The Morgan fingerprint density at radius 3 is 2.70 bits per heavy atom. The average Bonchev–Trinajstić information content (AvgIpc) is 2.82. The number of piperidine rings is 1. The van der Waals surface area contributed by atoms with Gasteiger partial charge in [0.1, 0.15) is 12.1 Å². The minimum Gasteiger partial charge on any atom is -0.493 e. The van der Waals surface area contributed by atoms with E-state index in [0.717, 1.165) is 48.1 Å². The van der Waals surface area contributed by atoms with Crippen molar-refractivity contribution in [2.45, 2.75) is 32.8 Å². The third-order valence-corrected chi connectivity index (χ3v) is 6.49. The molecule has 9 heteroatoms. The third kappa shape index (κ3) is 5.46. The molecule has 33 heavy (non-hydrogen) atoms. The molecule has 2 aromatic carbocycles. The van der Waals surface area contributed by atoms with E-state index in [-0.39, 0.29) is 6.10 Å². The number of nitrogens with one attached hydrogen (secondary N) is 3. The molecule has 1 unspecified atom stereocenters. The molecule has 0 spiro atoms. The molecule has 1 aromatic heterocycles. The molecule has 0 radical (unpaired) electrons. The molecule has 0 amide bonds. The second-order valence-corrected chi connectivity index (χ2v) is 8.98. The van der Waals surface area contributed by atoms with Crippen molar-refractivity contribution in [1.29, 1.82) is 0 Å². The van der Waals surface area contributed by atoms with Crippen LogP contribution < -0.4 is 25.4 Å². The lowest BCUT2D eigenvalue weighted by Gasteiger charge is -2.29. The summed E-state index contributed by atoms with van der Waals surface area (Å²) in [5.74, 6) is 2.37. The largest absolute Gasteiger partial charge is 0.493 e. The molecule has 3 N–H and O–H groups in total. The number of nitrogens with zero attached hydrogens (tertiary/aromatic N) is 2. The van der Waals surface area contributed by atoms with Crippen molar-refractivity contribution >= 4 is 51.3 Å². The second-order valence-electron chi connectivity index (χ2n) is 8.16. The smallest absolute Gasteiger partial charge is 0.176 e. The van der Waals surface area contributed by atoms with Gasteiger partial charge in [-0.2, -0.15) is 0 Å². The van der Waals surface area contributed by atoms with E-state index in [9.17, 15) is 0 Å². The quantitative estimate of drug-likeness (QED) is 0.412. The van der Waals surface area contributed by atoms with E-state index >= 15 is 0 Å². The van der Waals surface area contributed by atoms with E-state index in [1.807, 2.05) is 37.3 Å². The predicted octanol–water partition coefficient (Wildman–Crippen LogP) is 5.18. The molecule has 4 rings (SSSR count). The maximum absolute atomic E-state index is 6.32. The first-order valence-corrected chi connectivity index (χ1v) is 11.8. The van der Waals surface area contributed by atoms with Gasteiger partial charge in [-0.15, -0.1) is 0 Å². The first kappa shape index (κ1) is 23.5. The maximum Gasteiger partial charge on any atom is 0.176 e. The van der Waals surface area contributed by atoms with Gasteiger partial charge in [0, 0.05) is 11.5 Å². The zero-order chi connectivity index (χ0) is 23.4. The van der Waals surface area contributed by atoms with Gasteiger partial charge in [0.25, 0.3) is 0 Å². The van der Waals surface area contributed by atoms with Crippen molar-refractivity contribution in [3.05, 3.63) is 47.2 Å². The lowest BCUT2D eigenvalue weighted by Crippen LogP contribution is -2.35.